The molecule has 1 saturated carbocycles. The van der Waals surface area contributed by atoms with E-state index in [4.69, 9.17) is 16.3 Å². The van der Waals surface area contributed by atoms with E-state index in [9.17, 15) is 13.2 Å². The van der Waals surface area contributed by atoms with Crippen molar-refractivity contribution >= 4 is 33.2 Å². The Labute approximate surface area is 183 Å². The highest BCUT2D eigenvalue weighted by molar-refractivity contribution is 7.89. The monoisotopic (exact) mass is 450 g/mol. The third-order valence-corrected chi connectivity index (χ3v) is 7.33. The maximum atomic E-state index is 13.1. The molecule has 2 unspecified atom stereocenters. The summed E-state index contributed by atoms with van der Waals surface area (Å²) >= 11 is 6.19. The molecular weight excluding hydrogens is 424 g/mol. The van der Waals surface area contributed by atoms with Crippen molar-refractivity contribution in [2.24, 2.45) is 5.92 Å². The predicted molar refractivity (Wildman–Crippen MR) is 119 cm³/mol. The number of methoxy groups -OCH3 is 1. The first kappa shape index (κ1) is 22.6. The van der Waals surface area contributed by atoms with Crippen LogP contribution in [0.5, 0.6) is 5.75 Å². The topological polar surface area (TPSA) is 84.5 Å². The summed E-state index contributed by atoms with van der Waals surface area (Å²) in [4.78, 5) is 12.7. The SMILES string of the molecule is COc1ccc(C(=O)Nc2ccc(C)cc2Cl)cc1S(=O)(=O)NC1CCCCC1C. The summed E-state index contributed by atoms with van der Waals surface area (Å²) in [5.41, 5.74) is 1.63. The van der Waals surface area contributed by atoms with Gasteiger partial charge in [-0.2, -0.15) is 0 Å². The Morgan fingerprint density at radius 3 is 2.53 bits per heavy atom. The summed E-state index contributed by atoms with van der Waals surface area (Å²) in [6.07, 6.45) is 3.90. The van der Waals surface area contributed by atoms with Crippen LogP contribution in [0.3, 0.4) is 0 Å². The Bertz CT molecular complexity index is 1040. The fourth-order valence-electron chi connectivity index (χ4n) is 3.70. The van der Waals surface area contributed by atoms with Crippen LogP contribution in [0.15, 0.2) is 41.3 Å². The molecule has 1 amide bonds. The minimum absolute atomic E-state index is 0.0505. The molecule has 1 aliphatic carbocycles. The van der Waals surface area contributed by atoms with Crippen LogP contribution in [0.2, 0.25) is 5.02 Å². The quantitative estimate of drug-likeness (QED) is 0.664. The van der Waals surface area contributed by atoms with E-state index in [1.807, 2.05) is 13.0 Å². The summed E-state index contributed by atoms with van der Waals surface area (Å²) in [5, 5.41) is 3.15. The van der Waals surface area contributed by atoms with E-state index in [1.165, 1.54) is 25.3 Å². The lowest BCUT2D eigenvalue weighted by Crippen LogP contribution is -2.41. The van der Waals surface area contributed by atoms with Gasteiger partial charge >= 0.3 is 0 Å². The van der Waals surface area contributed by atoms with Gasteiger partial charge in [0.1, 0.15) is 10.6 Å². The number of ether oxygens (including phenoxy) is 1. The van der Waals surface area contributed by atoms with E-state index >= 15 is 0 Å². The predicted octanol–water partition coefficient (Wildman–Crippen LogP) is 4.77. The molecule has 0 radical (unpaired) electrons. The lowest BCUT2D eigenvalue weighted by Gasteiger charge is -2.29. The van der Waals surface area contributed by atoms with Gasteiger partial charge in [0.25, 0.3) is 5.91 Å². The first-order chi connectivity index (χ1) is 14.2. The van der Waals surface area contributed by atoms with Gasteiger partial charge in [0, 0.05) is 11.6 Å². The molecule has 0 aliphatic heterocycles. The summed E-state index contributed by atoms with van der Waals surface area (Å²) < 4.78 is 34.3. The molecule has 6 nitrogen and oxygen atoms in total. The first-order valence-electron chi connectivity index (χ1n) is 9.99. The minimum atomic E-state index is -3.86. The highest BCUT2D eigenvalue weighted by atomic mass is 35.5. The summed E-state index contributed by atoms with van der Waals surface area (Å²) in [6, 6.07) is 9.52. The van der Waals surface area contributed by atoms with Gasteiger partial charge in [-0.05, 0) is 61.6 Å². The van der Waals surface area contributed by atoms with Crippen molar-refractivity contribution < 1.29 is 17.9 Å². The Hall–Kier alpha value is -2.09. The largest absolute Gasteiger partial charge is 0.495 e. The average molecular weight is 451 g/mol. The summed E-state index contributed by atoms with van der Waals surface area (Å²) in [7, 11) is -2.45. The lowest BCUT2D eigenvalue weighted by atomic mass is 9.87. The summed E-state index contributed by atoms with van der Waals surface area (Å²) in [6.45, 7) is 3.96. The van der Waals surface area contributed by atoms with Crippen LogP contribution in [0.4, 0.5) is 5.69 Å². The van der Waals surface area contributed by atoms with Gasteiger partial charge in [-0.3, -0.25) is 4.79 Å². The molecule has 2 aromatic carbocycles. The van der Waals surface area contributed by atoms with Crippen molar-refractivity contribution in [1.82, 2.24) is 4.72 Å². The Morgan fingerprint density at radius 2 is 1.87 bits per heavy atom. The van der Waals surface area contributed by atoms with Crippen molar-refractivity contribution in [2.75, 3.05) is 12.4 Å². The van der Waals surface area contributed by atoms with E-state index in [2.05, 4.69) is 17.0 Å². The molecule has 2 N–H and O–H groups in total. The van der Waals surface area contributed by atoms with Crippen LogP contribution in [-0.2, 0) is 10.0 Å². The number of amides is 1. The number of carbonyl (C=O) groups excluding carboxylic acids is 1. The Morgan fingerprint density at radius 1 is 1.13 bits per heavy atom. The van der Waals surface area contributed by atoms with Crippen molar-refractivity contribution in [2.45, 2.75) is 50.5 Å². The third kappa shape index (κ3) is 5.14. The zero-order valence-corrected chi connectivity index (χ0v) is 18.9. The molecule has 0 aromatic heterocycles. The smallest absolute Gasteiger partial charge is 0.255 e. The molecule has 0 spiro atoms. The maximum Gasteiger partial charge on any atom is 0.255 e. The van der Waals surface area contributed by atoms with Gasteiger partial charge in [-0.1, -0.05) is 37.4 Å². The van der Waals surface area contributed by atoms with Crippen LogP contribution < -0.4 is 14.8 Å². The zero-order valence-electron chi connectivity index (χ0n) is 17.4. The van der Waals surface area contributed by atoms with Crippen LogP contribution >= 0.6 is 11.6 Å². The van der Waals surface area contributed by atoms with E-state index in [-0.39, 0.29) is 28.2 Å². The Balaban J connectivity index is 1.88. The van der Waals surface area contributed by atoms with E-state index in [1.54, 1.807) is 12.1 Å². The molecule has 2 aromatic rings. The number of sulfonamides is 1. The van der Waals surface area contributed by atoms with Crippen molar-refractivity contribution in [3.8, 4) is 5.75 Å². The fraction of sp³-hybridized carbons (Fsp3) is 0.409. The normalized spacial score (nSPS) is 19.3. The van der Waals surface area contributed by atoms with Gasteiger partial charge in [0.05, 0.1) is 17.8 Å². The van der Waals surface area contributed by atoms with Crippen molar-refractivity contribution in [3.63, 3.8) is 0 Å². The molecule has 0 saturated heterocycles. The van der Waals surface area contributed by atoms with Crippen molar-refractivity contribution in [3.05, 3.63) is 52.5 Å². The number of hydrogen-bond donors (Lipinski definition) is 2. The van der Waals surface area contributed by atoms with Gasteiger partial charge in [-0.25, -0.2) is 13.1 Å². The second-order valence-corrected chi connectivity index (χ2v) is 9.88. The molecule has 2 atom stereocenters. The number of hydrogen-bond acceptors (Lipinski definition) is 4. The lowest BCUT2D eigenvalue weighted by molar-refractivity contribution is 0.102. The molecule has 0 heterocycles. The molecule has 30 heavy (non-hydrogen) atoms. The van der Waals surface area contributed by atoms with Gasteiger partial charge in [0.15, 0.2) is 0 Å². The zero-order chi connectivity index (χ0) is 21.9. The molecule has 1 fully saturated rings. The van der Waals surface area contributed by atoms with Crippen LogP contribution in [0, 0.1) is 12.8 Å². The average Bonchev–Trinajstić information content (AvgIpc) is 2.71. The molecule has 8 heteroatoms. The highest BCUT2D eigenvalue weighted by Gasteiger charge is 2.29. The van der Waals surface area contributed by atoms with Crippen LogP contribution in [0.25, 0.3) is 0 Å². The fourth-order valence-corrected chi connectivity index (χ4v) is 5.55. The first-order valence-corrected chi connectivity index (χ1v) is 11.9. The number of anilines is 1. The van der Waals surface area contributed by atoms with Gasteiger partial charge in [0.2, 0.25) is 10.0 Å². The second-order valence-electron chi connectivity index (χ2n) is 7.79. The maximum absolute atomic E-state index is 13.1. The molecule has 3 rings (SSSR count). The number of rotatable bonds is 6. The minimum Gasteiger partial charge on any atom is -0.495 e. The molecule has 162 valence electrons. The summed E-state index contributed by atoms with van der Waals surface area (Å²) in [5.74, 6) is -0.00329. The number of halogens is 1. The molecule has 0 bridgehead atoms. The van der Waals surface area contributed by atoms with Crippen LogP contribution in [0.1, 0.15) is 48.5 Å². The Kier molecular flexibility index (Phi) is 7.06. The number of nitrogens with one attached hydrogen (secondary N) is 2. The van der Waals surface area contributed by atoms with E-state index in [0.717, 1.165) is 31.2 Å². The highest BCUT2D eigenvalue weighted by Crippen LogP contribution is 2.30. The molecule has 1 aliphatic rings. The number of carbonyl (C=O) groups is 1. The van der Waals surface area contributed by atoms with Crippen molar-refractivity contribution in [1.29, 1.82) is 0 Å². The standard InChI is InChI=1S/C22H27ClN2O4S/c1-14-8-10-19(17(23)12-14)24-22(26)16-9-11-20(29-3)21(13-16)30(27,28)25-18-7-5-4-6-15(18)2/h8-13,15,18,25H,4-7H2,1-3H3,(H,24,26). The number of aryl methyl sites for hydroxylation is 1. The van der Waals surface area contributed by atoms with Gasteiger partial charge < -0.3 is 10.1 Å². The van der Waals surface area contributed by atoms with Crippen LogP contribution in [-0.4, -0.2) is 27.5 Å². The number of benzene rings is 2. The van der Waals surface area contributed by atoms with E-state index < -0.39 is 15.9 Å². The van der Waals surface area contributed by atoms with E-state index in [0.29, 0.717) is 10.7 Å². The second kappa shape index (κ2) is 9.37. The third-order valence-electron chi connectivity index (χ3n) is 5.51. The van der Waals surface area contributed by atoms with Gasteiger partial charge in [-0.15, -0.1) is 0 Å². The molecular formula is C22H27ClN2O4S.